The number of aromatic nitrogens is 2. The number of carbonyl (C=O) groups is 1. The van der Waals surface area contributed by atoms with Crippen LogP contribution in [0.2, 0.25) is 0 Å². The minimum Gasteiger partial charge on any atom is -0.481 e. The number of H-pyrrole nitrogens is 1. The summed E-state index contributed by atoms with van der Waals surface area (Å²) in [6.07, 6.45) is 10.5. The maximum atomic E-state index is 11.3. The van der Waals surface area contributed by atoms with Crippen LogP contribution in [-0.2, 0) is 4.79 Å². The lowest BCUT2D eigenvalue weighted by atomic mass is 9.78. The van der Waals surface area contributed by atoms with Crippen molar-refractivity contribution >= 4 is 39.6 Å². The summed E-state index contributed by atoms with van der Waals surface area (Å²) >= 11 is 0. The molecule has 2 aromatic heterocycles. The molecule has 4 N–H and O–H groups in total. The zero-order valence-corrected chi connectivity index (χ0v) is 15.9. The molecule has 3 aromatic rings. The Hall–Kier alpha value is -3.15. The van der Waals surface area contributed by atoms with E-state index >= 15 is 0 Å². The fourth-order valence-corrected chi connectivity index (χ4v) is 4.34. The van der Waals surface area contributed by atoms with Crippen LogP contribution in [-0.4, -0.2) is 34.3 Å². The molecular weight excluding hydrogens is 352 g/mol. The van der Waals surface area contributed by atoms with Crippen LogP contribution in [0.4, 0.5) is 0 Å². The summed E-state index contributed by atoms with van der Waals surface area (Å²) in [5, 5.41) is 12.6. The van der Waals surface area contributed by atoms with E-state index in [1.807, 2.05) is 18.5 Å². The van der Waals surface area contributed by atoms with Crippen molar-refractivity contribution in [2.24, 2.45) is 16.6 Å². The van der Waals surface area contributed by atoms with Gasteiger partial charge in [0, 0.05) is 48.2 Å². The Morgan fingerprint density at radius 1 is 1.32 bits per heavy atom. The molecule has 1 aromatic carbocycles. The number of rotatable bonds is 4. The lowest BCUT2D eigenvalue weighted by molar-refractivity contribution is -0.142. The topological polar surface area (TPSA) is 104 Å². The number of carboxylic acids is 1. The Morgan fingerprint density at radius 3 is 2.79 bits per heavy atom. The van der Waals surface area contributed by atoms with Gasteiger partial charge in [-0.05, 0) is 54.2 Å². The molecule has 0 unspecified atom stereocenters. The van der Waals surface area contributed by atoms with Crippen LogP contribution in [0.15, 0.2) is 41.8 Å². The number of aromatic amines is 1. The van der Waals surface area contributed by atoms with E-state index in [2.05, 4.69) is 27.1 Å². The molecule has 144 valence electrons. The standard InChI is InChI=1S/C22H24N4O2/c1-24-10-17(9-23)15-6-7-16-11-25-21-20(18(16)8-15)19(12-26-21)13-2-4-14(5-3-13)22(27)28/h6-14H,2-5,23H2,1H3,(H,25,26)(H,27,28)/b17-9+,24-10?. The van der Waals surface area contributed by atoms with Crippen molar-refractivity contribution in [2.45, 2.75) is 31.6 Å². The number of hydrogen-bond acceptors (Lipinski definition) is 4. The van der Waals surface area contributed by atoms with Gasteiger partial charge in [0.1, 0.15) is 5.65 Å². The molecule has 1 saturated carbocycles. The number of aliphatic imine (C=N–C) groups is 1. The highest BCUT2D eigenvalue weighted by Gasteiger charge is 2.28. The van der Waals surface area contributed by atoms with E-state index in [0.717, 1.165) is 58.6 Å². The van der Waals surface area contributed by atoms with Gasteiger partial charge in [0.15, 0.2) is 0 Å². The number of nitrogens with one attached hydrogen (secondary N) is 1. The number of pyridine rings is 1. The van der Waals surface area contributed by atoms with E-state index in [-0.39, 0.29) is 5.92 Å². The van der Waals surface area contributed by atoms with Crippen molar-refractivity contribution in [1.82, 2.24) is 9.97 Å². The van der Waals surface area contributed by atoms with Crippen molar-refractivity contribution in [1.29, 1.82) is 0 Å². The second kappa shape index (κ2) is 7.46. The Labute approximate surface area is 163 Å². The molecule has 6 nitrogen and oxygen atoms in total. The Balaban J connectivity index is 1.80. The molecule has 1 fully saturated rings. The predicted octanol–water partition coefficient (Wildman–Crippen LogP) is 4.07. The molecule has 0 atom stereocenters. The highest BCUT2D eigenvalue weighted by Crippen LogP contribution is 2.40. The first-order valence-corrected chi connectivity index (χ1v) is 9.59. The number of hydrogen-bond donors (Lipinski definition) is 3. The number of nitrogens with zero attached hydrogens (tertiary/aromatic N) is 2. The van der Waals surface area contributed by atoms with Crippen molar-refractivity contribution in [3.05, 3.63) is 47.9 Å². The van der Waals surface area contributed by atoms with Crippen molar-refractivity contribution in [3.8, 4) is 0 Å². The van der Waals surface area contributed by atoms with E-state index in [9.17, 15) is 9.90 Å². The molecule has 0 spiro atoms. The largest absolute Gasteiger partial charge is 0.481 e. The summed E-state index contributed by atoms with van der Waals surface area (Å²) < 4.78 is 0. The first kappa shape index (κ1) is 18.2. The third-order valence-electron chi connectivity index (χ3n) is 5.84. The lowest BCUT2D eigenvalue weighted by Crippen LogP contribution is -2.20. The summed E-state index contributed by atoms with van der Waals surface area (Å²) in [6, 6.07) is 6.22. The zero-order chi connectivity index (χ0) is 19.7. The van der Waals surface area contributed by atoms with Gasteiger partial charge in [-0.2, -0.15) is 0 Å². The monoisotopic (exact) mass is 376 g/mol. The van der Waals surface area contributed by atoms with Gasteiger partial charge in [0.2, 0.25) is 0 Å². The summed E-state index contributed by atoms with van der Waals surface area (Å²) in [4.78, 5) is 23.3. The Morgan fingerprint density at radius 2 is 2.11 bits per heavy atom. The molecule has 0 aliphatic heterocycles. The quantitative estimate of drug-likeness (QED) is 0.597. The lowest BCUT2D eigenvalue weighted by Gasteiger charge is -2.26. The summed E-state index contributed by atoms with van der Waals surface area (Å²) in [5.74, 6) is -0.538. The second-order valence-corrected chi connectivity index (χ2v) is 7.42. The number of benzene rings is 1. The molecule has 0 saturated heterocycles. The predicted molar refractivity (Wildman–Crippen MR) is 113 cm³/mol. The summed E-state index contributed by atoms with van der Waals surface area (Å²) in [5.41, 5.74) is 9.77. The van der Waals surface area contributed by atoms with E-state index in [0.29, 0.717) is 5.92 Å². The molecule has 4 rings (SSSR count). The van der Waals surface area contributed by atoms with Crippen molar-refractivity contribution in [2.75, 3.05) is 7.05 Å². The van der Waals surface area contributed by atoms with Gasteiger partial charge in [-0.3, -0.25) is 9.79 Å². The summed E-state index contributed by atoms with van der Waals surface area (Å²) in [6.45, 7) is 0. The van der Waals surface area contributed by atoms with Crippen LogP contribution in [0.1, 0.15) is 42.7 Å². The number of nitrogens with two attached hydrogens (primary N) is 1. The van der Waals surface area contributed by atoms with E-state index in [4.69, 9.17) is 5.73 Å². The maximum Gasteiger partial charge on any atom is 0.306 e. The van der Waals surface area contributed by atoms with Gasteiger partial charge in [-0.1, -0.05) is 12.1 Å². The molecule has 0 radical (unpaired) electrons. The number of fused-ring (bicyclic) bond motifs is 3. The van der Waals surface area contributed by atoms with Gasteiger partial charge >= 0.3 is 5.97 Å². The van der Waals surface area contributed by atoms with Gasteiger partial charge in [-0.15, -0.1) is 0 Å². The number of carboxylic acid groups (broad SMARTS) is 1. The fourth-order valence-electron chi connectivity index (χ4n) is 4.34. The first-order chi connectivity index (χ1) is 13.6. The fraction of sp³-hybridized carbons (Fsp3) is 0.318. The molecule has 0 bridgehead atoms. The third-order valence-corrected chi connectivity index (χ3v) is 5.84. The van der Waals surface area contributed by atoms with Crippen molar-refractivity contribution in [3.63, 3.8) is 0 Å². The maximum absolute atomic E-state index is 11.3. The van der Waals surface area contributed by atoms with Gasteiger partial charge in [0.05, 0.1) is 5.92 Å². The minimum atomic E-state index is -0.673. The average Bonchev–Trinajstić information content (AvgIpc) is 3.16. The molecule has 1 aliphatic rings. The third kappa shape index (κ3) is 3.15. The number of aliphatic carboxylic acids is 1. The molecule has 0 amide bonds. The molecule has 6 heteroatoms. The highest BCUT2D eigenvalue weighted by atomic mass is 16.4. The van der Waals surface area contributed by atoms with Crippen molar-refractivity contribution < 1.29 is 9.90 Å². The van der Waals surface area contributed by atoms with Gasteiger partial charge < -0.3 is 15.8 Å². The van der Waals surface area contributed by atoms with Crippen LogP contribution in [0.5, 0.6) is 0 Å². The normalized spacial score (nSPS) is 21.0. The molecule has 28 heavy (non-hydrogen) atoms. The molecular formula is C22H24N4O2. The van der Waals surface area contributed by atoms with Crippen LogP contribution in [0.25, 0.3) is 27.4 Å². The van der Waals surface area contributed by atoms with Crippen LogP contribution in [0.3, 0.4) is 0 Å². The Kier molecular flexibility index (Phi) is 4.86. The highest BCUT2D eigenvalue weighted by molar-refractivity contribution is 6.13. The molecule has 2 heterocycles. The Bertz CT molecular complexity index is 1090. The van der Waals surface area contributed by atoms with Gasteiger partial charge in [-0.25, -0.2) is 4.98 Å². The van der Waals surface area contributed by atoms with Crippen LogP contribution in [0, 0.1) is 5.92 Å². The molecule has 1 aliphatic carbocycles. The van der Waals surface area contributed by atoms with E-state index < -0.39 is 5.97 Å². The van der Waals surface area contributed by atoms with Crippen LogP contribution >= 0.6 is 0 Å². The van der Waals surface area contributed by atoms with E-state index in [1.165, 1.54) is 5.56 Å². The first-order valence-electron chi connectivity index (χ1n) is 9.59. The number of allylic oxidation sites excluding steroid dienone is 1. The van der Waals surface area contributed by atoms with E-state index in [1.54, 1.807) is 19.5 Å². The average molecular weight is 376 g/mol. The SMILES string of the molecule is CN=C/C(=C\N)c1ccc2cnc3[nH]cc(C4CCC(C(=O)O)CC4)c3c2c1. The minimum absolute atomic E-state index is 0.214. The zero-order valence-electron chi connectivity index (χ0n) is 15.9. The smallest absolute Gasteiger partial charge is 0.306 e. The summed E-state index contributed by atoms with van der Waals surface area (Å²) in [7, 11) is 1.73. The second-order valence-electron chi connectivity index (χ2n) is 7.42. The van der Waals surface area contributed by atoms with Gasteiger partial charge in [0.25, 0.3) is 0 Å². The van der Waals surface area contributed by atoms with Crippen LogP contribution < -0.4 is 5.73 Å².